The lowest BCUT2D eigenvalue weighted by Crippen LogP contribution is -2.09. The first-order chi connectivity index (χ1) is 3.27. The fraction of sp³-hybridized carbons (Fsp3) is 0.750. The summed E-state index contributed by atoms with van der Waals surface area (Å²) in [6.45, 7) is -0.455. The molecule has 2 nitrogen and oxygen atoms in total. The summed E-state index contributed by atoms with van der Waals surface area (Å²) in [5.41, 5.74) is 4.67. The molecule has 0 rings (SSSR count). The minimum Gasteiger partial charge on any atom is -0.370 e. The van der Waals surface area contributed by atoms with Crippen LogP contribution in [0.2, 0.25) is 0 Å². The highest BCUT2D eigenvalue weighted by molar-refractivity contribution is 5.73. The molecule has 1 amide bonds. The number of nitrogens with two attached hydrogens (primary N) is 1. The van der Waals surface area contributed by atoms with Gasteiger partial charge in [0, 0.05) is 6.42 Å². The molecule has 0 saturated carbocycles. The predicted molar refractivity (Wildman–Crippen MR) is 24.4 cm³/mol. The normalized spacial score (nSPS) is 8.71. The van der Waals surface area contributed by atoms with Gasteiger partial charge in [-0.25, -0.2) is 0 Å². The molecule has 0 aliphatic carbocycles. The van der Waals surface area contributed by atoms with E-state index in [-0.39, 0.29) is 12.8 Å². The number of halogens is 1. The molecular formula is C4H8FNO. The maximum Gasteiger partial charge on any atom is 0.217 e. The summed E-state index contributed by atoms with van der Waals surface area (Å²) in [7, 11) is 0. The number of hydrogen-bond donors (Lipinski definition) is 1. The number of hydrogen-bond acceptors (Lipinski definition) is 1. The molecule has 0 aromatic rings. The Labute approximate surface area is 41.5 Å². The molecule has 7 heavy (non-hydrogen) atoms. The molecule has 0 fully saturated rings. The minimum absolute atomic E-state index is 0.163. The number of primary amides is 1. The fourth-order valence-electron chi connectivity index (χ4n) is 0.241. The standard InChI is InChI=1S/C4H8FNO/c5-3-1-2-4(6)7/h1-3H2,(H2,6,7). The Balaban J connectivity index is 2.82. The maximum absolute atomic E-state index is 11.1. The van der Waals surface area contributed by atoms with Crippen molar-refractivity contribution in [2.45, 2.75) is 12.8 Å². The number of carbonyl (C=O) groups excluding carboxylic acids is 1. The molecule has 0 aliphatic heterocycles. The number of carbonyl (C=O) groups is 1. The molecule has 0 bridgehead atoms. The third-order valence-corrected chi connectivity index (χ3v) is 0.557. The van der Waals surface area contributed by atoms with Crippen molar-refractivity contribution in [3.05, 3.63) is 0 Å². The molecule has 0 spiro atoms. The Hall–Kier alpha value is -0.600. The average molecular weight is 105 g/mol. The van der Waals surface area contributed by atoms with E-state index in [0.29, 0.717) is 0 Å². The van der Waals surface area contributed by atoms with Gasteiger partial charge < -0.3 is 5.73 Å². The highest BCUT2D eigenvalue weighted by atomic mass is 19.1. The third kappa shape index (κ3) is 5.40. The lowest BCUT2D eigenvalue weighted by atomic mass is 10.3. The van der Waals surface area contributed by atoms with Crippen molar-refractivity contribution in [2.24, 2.45) is 5.73 Å². The zero-order valence-electron chi connectivity index (χ0n) is 3.98. The van der Waals surface area contributed by atoms with Gasteiger partial charge in [0.1, 0.15) is 0 Å². The summed E-state index contributed by atoms with van der Waals surface area (Å²) in [5, 5.41) is 0. The van der Waals surface area contributed by atoms with Crippen molar-refractivity contribution in [1.29, 1.82) is 0 Å². The van der Waals surface area contributed by atoms with Crippen LogP contribution in [0.3, 0.4) is 0 Å². The van der Waals surface area contributed by atoms with Gasteiger partial charge in [0.2, 0.25) is 5.91 Å². The first kappa shape index (κ1) is 6.40. The van der Waals surface area contributed by atoms with Crippen molar-refractivity contribution in [1.82, 2.24) is 0 Å². The number of alkyl halides is 1. The van der Waals surface area contributed by atoms with E-state index in [1.807, 2.05) is 0 Å². The van der Waals surface area contributed by atoms with E-state index in [1.165, 1.54) is 0 Å². The molecule has 0 aliphatic rings. The molecule has 0 unspecified atom stereocenters. The summed E-state index contributed by atoms with van der Waals surface area (Å²) in [6, 6.07) is 0. The van der Waals surface area contributed by atoms with Crippen LogP contribution < -0.4 is 5.73 Å². The molecule has 0 aromatic carbocycles. The first-order valence-electron chi connectivity index (χ1n) is 2.11. The second-order valence-corrected chi connectivity index (χ2v) is 1.26. The highest BCUT2D eigenvalue weighted by Gasteiger charge is 1.89. The van der Waals surface area contributed by atoms with E-state index < -0.39 is 12.6 Å². The minimum atomic E-state index is -0.455. The van der Waals surface area contributed by atoms with Crippen LogP contribution in [0, 0.1) is 0 Å². The van der Waals surface area contributed by atoms with Crippen molar-refractivity contribution < 1.29 is 9.18 Å². The fourth-order valence-corrected chi connectivity index (χ4v) is 0.241. The molecule has 0 atom stereocenters. The second-order valence-electron chi connectivity index (χ2n) is 1.26. The van der Waals surface area contributed by atoms with Gasteiger partial charge in [0.15, 0.2) is 0 Å². The lowest BCUT2D eigenvalue weighted by Gasteiger charge is -1.85. The van der Waals surface area contributed by atoms with Gasteiger partial charge in [-0.2, -0.15) is 0 Å². The van der Waals surface area contributed by atoms with E-state index in [0.717, 1.165) is 0 Å². The van der Waals surface area contributed by atoms with Gasteiger partial charge >= 0.3 is 0 Å². The summed E-state index contributed by atoms with van der Waals surface area (Å²) in [5.74, 6) is -0.433. The summed E-state index contributed by atoms with van der Waals surface area (Å²) in [4.78, 5) is 9.81. The number of amides is 1. The summed E-state index contributed by atoms with van der Waals surface area (Å²) in [6.07, 6.45) is 0.422. The Morgan fingerprint density at radius 3 is 2.43 bits per heavy atom. The van der Waals surface area contributed by atoms with Crippen molar-refractivity contribution in [2.75, 3.05) is 6.67 Å². The predicted octanol–water partition coefficient (Wildman–Crippen LogP) is 0.221. The molecule has 0 heterocycles. The van der Waals surface area contributed by atoms with E-state index in [9.17, 15) is 9.18 Å². The molecule has 0 radical (unpaired) electrons. The van der Waals surface area contributed by atoms with Crippen molar-refractivity contribution in [3.63, 3.8) is 0 Å². The van der Waals surface area contributed by atoms with Crippen LogP contribution in [0.5, 0.6) is 0 Å². The molecule has 0 saturated heterocycles. The Morgan fingerprint density at radius 2 is 2.29 bits per heavy atom. The summed E-state index contributed by atoms with van der Waals surface area (Å²) < 4.78 is 11.1. The average Bonchev–Trinajstić information content (AvgIpc) is 1.61. The van der Waals surface area contributed by atoms with E-state index in [1.54, 1.807) is 0 Å². The van der Waals surface area contributed by atoms with Gasteiger partial charge in [0.25, 0.3) is 0 Å². The van der Waals surface area contributed by atoms with Crippen LogP contribution in [-0.2, 0) is 4.79 Å². The van der Waals surface area contributed by atoms with E-state index in [2.05, 4.69) is 5.73 Å². The van der Waals surface area contributed by atoms with Crippen LogP contribution in [0.15, 0.2) is 0 Å². The quantitative estimate of drug-likeness (QED) is 0.548. The van der Waals surface area contributed by atoms with Crippen molar-refractivity contribution >= 4 is 5.91 Å². The SMILES string of the molecule is NC(=O)CCCF. The zero-order chi connectivity index (χ0) is 5.70. The Bertz CT molecular complexity index is 64.7. The second kappa shape index (κ2) is 3.59. The smallest absolute Gasteiger partial charge is 0.217 e. The maximum atomic E-state index is 11.1. The number of rotatable bonds is 3. The van der Waals surface area contributed by atoms with Gasteiger partial charge in [-0.15, -0.1) is 0 Å². The van der Waals surface area contributed by atoms with Crippen molar-refractivity contribution in [3.8, 4) is 0 Å². The van der Waals surface area contributed by atoms with Crippen LogP contribution >= 0.6 is 0 Å². The van der Waals surface area contributed by atoms with Gasteiger partial charge in [-0.1, -0.05) is 0 Å². The summed E-state index contributed by atoms with van der Waals surface area (Å²) >= 11 is 0. The topological polar surface area (TPSA) is 43.1 Å². The third-order valence-electron chi connectivity index (χ3n) is 0.557. The van der Waals surface area contributed by atoms with Gasteiger partial charge in [-0.05, 0) is 6.42 Å². The van der Waals surface area contributed by atoms with E-state index in [4.69, 9.17) is 0 Å². The monoisotopic (exact) mass is 105 g/mol. The highest BCUT2D eigenvalue weighted by Crippen LogP contribution is 1.85. The van der Waals surface area contributed by atoms with Gasteiger partial charge in [-0.3, -0.25) is 9.18 Å². The van der Waals surface area contributed by atoms with Crippen LogP contribution in [0.1, 0.15) is 12.8 Å². The zero-order valence-corrected chi connectivity index (χ0v) is 3.98. The Kier molecular flexibility index (Phi) is 3.28. The molecule has 42 valence electrons. The lowest BCUT2D eigenvalue weighted by molar-refractivity contribution is -0.118. The van der Waals surface area contributed by atoms with Gasteiger partial charge in [0.05, 0.1) is 6.67 Å². The van der Waals surface area contributed by atoms with Crippen LogP contribution in [0.25, 0.3) is 0 Å². The molecular weight excluding hydrogens is 97.0 g/mol. The molecule has 0 aromatic heterocycles. The first-order valence-corrected chi connectivity index (χ1v) is 2.11. The van der Waals surface area contributed by atoms with Crippen LogP contribution in [-0.4, -0.2) is 12.6 Å². The largest absolute Gasteiger partial charge is 0.370 e. The molecule has 3 heteroatoms. The Morgan fingerprint density at radius 1 is 1.71 bits per heavy atom. The molecule has 2 N–H and O–H groups in total. The van der Waals surface area contributed by atoms with E-state index >= 15 is 0 Å². The van der Waals surface area contributed by atoms with Crippen LogP contribution in [0.4, 0.5) is 4.39 Å².